The smallest absolute Gasteiger partial charge is 0.141 e. The Morgan fingerprint density at radius 3 is 3.00 bits per heavy atom. The molecule has 13 heavy (non-hydrogen) atoms. The number of hydrogen-bond acceptors (Lipinski definition) is 3. The lowest BCUT2D eigenvalue weighted by Crippen LogP contribution is -2.03. The lowest BCUT2D eigenvalue weighted by atomic mass is 10.2. The molecule has 1 aromatic heterocycles. The average molecular weight is 245 g/mol. The molecule has 3 nitrogen and oxygen atoms in total. The first-order valence-corrected chi connectivity index (χ1v) is 4.95. The summed E-state index contributed by atoms with van der Waals surface area (Å²) in [5.74, 6) is 0.822. The van der Waals surface area contributed by atoms with Crippen LogP contribution in [0.3, 0.4) is 0 Å². The third-order valence-corrected chi connectivity index (χ3v) is 2.17. The molecule has 0 atom stereocenters. The second-order valence-corrected chi connectivity index (χ2v) is 3.61. The normalized spacial score (nSPS) is 10.1. The summed E-state index contributed by atoms with van der Waals surface area (Å²) in [6.07, 6.45) is 3.58. The first kappa shape index (κ1) is 10.5. The summed E-state index contributed by atoms with van der Waals surface area (Å²) in [7, 11) is 1.65. The van der Waals surface area contributed by atoms with E-state index in [-0.39, 0.29) is 0 Å². The van der Waals surface area contributed by atoms with Crippen LogP contribution < -0.4 is 10.5 Å². The molecule has 0 aliphatic rings. The standard InChI is InChI=1S/C9H13BrN2O/c1-13-9-5-7(10)6-12-8(9)3-2-4-11/h5-6H,2-4,11H2,1H3. The van der Waals surface area contributed by atoms with E-state index in [4.69, 9.17) is 10.5 Å². The Kier molecular flexibility index (Phi) is 4.18. The zero-order chi connectivity index (χ0) is 9.68. The highest BCUT2D eigenvalue weighted by atomic mass is 79.9. The SMILES string of the molecule is COc1cc(Br)cnc1CCCN. The number of methoxy groups -OCH3 is 1. The molecule has 1 aromatic rings. The Bertz CT molecular complexity index is 278. The predicted molar refractivity (Wildman–Crippen MR) is 55.9 cm³/mol. The fourth-order valence-electron chi connectivity index (χ4n) is 1.08. The van der Waals surface area contributed by atoms with Crippen molar-refractivity contribution in [2.24, 2.45) is 5.73 Å². The third-order valence-electron chi connectivity index (χ3n) is 1.73. The van der Waals surface area contributed by atoms with E-state index in [2.05, 4.69) is 20.9 Å². The highest BCUT2D eigenvalue weighted by Gasteiger charge is 2.03. The summed E-state index contributed by atoms with van der Waals surface area (Å²) in [5, 5.41) is 0. The highest BCUT2D eigenvalue weighted by Crippen LogP contribution is 2.21. The van der Waals surface area contributed by atoms with Gasteiger partial charge in [0.15, 0.2) is 0 Å². The Balaban J connectivity index is 2.79. The van der Waals surface area contributed by atoms with Crippen molar-refractivity contribution < 1.29 is 4.74 Å². The fraction of sp³-hybridized carbons (Fsp3) is 0.444. The maximum absolute atomic E-state index is 5.42. The number of pyridine rings is 1. The van der Waals surface area contributed by atoms with Crippen LogP contribution in [0.4, 0.5) is 0 Å². The number of halogens is 1. The van der Waals surface area contributed by atoms with Gasteiger partial charge in [-0.25, -0.2) is 0 Å². The van der Waals surface area contributed by atoms with E-state index in [1.165, 1.54) is 0 Å². The number of aryl methyl sites for hydroxylation is 1. The molecule has 0 unspecified atom stereocenters. The van der Waals surface area contributed by atoms with Gasteiger partial charge < -0.3 is 10.5 Å². The summed E-state index contributed by atoms with van der Waals surface area (Å²) in [4.78, 5) is 4.26. The monoisotopic (exact) mass is 244 g/mol. The summed E-state index contributed by atoms with van der Waals surface area (Å²) in [6.45, 7) is 0.681. The van der Waals surface area contributed by atoms with Crippen molar-refractivity contribution in [1.82, 2.24) is 4.98 Å². The van der Waals surface area contributed by atoms with Crippen LogP contribution in [0.5, 0.6) is 5.75 Å². The first-order chi connectivity index (χ1) is 6.27. The van der Waals surface area contributed by atoms with Crippen LogP contribution in [0.1, 0.15) is 12.1 Å². The van der Waals surface area contributed by atoms with Crippen molar-refractivity contribution >= 4 is 15.9 Å². The van der Waals surface area contributed by atoms with Crippen molar-refractivity contribution in [2.45, 2.75) is 12.8 Å². The topological polar surface area (TPSA) is 48.1 Å². The molecule has 4 heteroatoms. The lowest BCUT2D eigenvalue weighted by molar-refractivity contribution is 0.406. The molecule has 0 saturated heterocycles. The van der Waals surface area contributed by atoms with Crippen LogP contribution >= 0.6 is 15.9 Å². The maximum Gasteiger partial charge on any atom is 0.141 e. The van der Waals surface area contributed by atoms with E-state index in [0.29, 0.717) is 6.54 Å². The van der Waals surface area contributed by atoms with Gasteiger partial charge in [-0.15, -0.1) is 0 Å². The molecular weight excluding hydrogens is 232 g/mol. The lowest BCUT2D eigenvalue weighted by Gasteiger charge is -2.06. The van der Waals surface area contributed by atoms with Gasteiger partial charge in [-0.2, -0.15) is 0 Å². The summed E-state index contributed by atoms with van der Waals surface area (Å²) in [5.41, 5.74) is 6.39. The van der Waals surface area contributed by atoms with Gasteiger partial charge in [0.1, 0.15) is 5.75 Å². The van der Waals surface area contributed by atoms with Gasteiger partial charge >= 0.3 is 0 Å². The molecule has 0 amide bonds. The van der Waals surface area contributed by atoms with E-state index in [0.717, 1.165) is 28.8 Å². The predicted octanol–water partition coefficient (Wildman–Crippen LogP) is 1.74. The molecule has 0 radical (unpaired) electrons. The fourth-order valence-corrected chi connectivity index (χ4v) is 1.39. The number of nitrogens with two attached hydrogens (primary N) is 1. The van der Waals surface area contributed by atoms with Crippen LogP contribution in [0.15, 0.2) is 16.7 Å². The second-order valence-electron chi connectivity index (χ2n) is 2.69. The quantitative estimate of drug-likeness (QED) is 0.878. The Hall–Kier alpha value is -0.610. The van der Waals surface area contributed by atoms with Gasteiger partial charge in [0.05, 0.1) is 12.8 Å². The number of ether oxygens (including phenoxy) is 1. The molecule has 0 bridgehead atoms. The molecule has 0 saturated carbocycles. The minimum Gasteiger partial charge on any atom is -0.495 e. The van der Waals surface area contributed by atoms with Crippen LogP contribution in [0, 0.1) is 0 Å². The Labute approximate surface area is 86.4 Å². The van der Waals surface area contributed by atoms with E-state index >= 15 is 0 Å². The molecule has 72 valence electrons. The van der Waals surface area contributed by atoms with Gasteiger partial charge in [0.25, 0.3) is 0 Å². The van der Waals surface area contributed by atoms with Crippen LogP contribution in [0.25, 0.3) is 0 Å². The van der Waals surface area contributed by atoms with Gasteiger partial charge in [0.2, 0.25) is 0 Å². The first-order valence-electron chi connectivity index (χ1n) is 4.16. The molecule has 2 N–H and O–H groups in total. The minimum atomic E-state index is 0.681. The number of hydrogen-bond donors (Lipinski definition) is 1. The molecular formula is C9H13BrN2O. The summed E-state index contributed by atoms with van der Waals surface area (Å²) < 4.78 is 6.12. The van der Waals surface area contributed by atoms with Gasteiger partial charge in [-0.3, -0.25) is 4.98 Å². The van der Waals surface area contributed by atoms with Crippen molar-refractivity contribution in [1.29, 1.82) is 0 Å². The van der Waals surface area contributed by atoms with Crippen LogP contribution in [-0.2, 0) is 6.42 Å². The minimum absolute atomic E-state index is 0.681. The molecule has 0 aliphatic carbocycles. The number of rotatable bonds is 4. The maximum atomic E-state index is 5.42. The zero-order valence-corrected chi connectivity index (χ0v) is 9.17. The highest BCUT2D eigenvalue weighted by molar-refractivity contribution is 9.10. The van der Waals surface area contributed by atoms with Gasteiger partial charge in [-0.1, -0.05) is 0 Å². The molecule has 0 aliphatic heterocycles. The second kappa shape index (κ2) is 5.19. The van der Waals surface area contributed by atoms with Crippen molar-refractivity contribution in [3.05, 3.63) is 22.4 Å². The van der Waals surface area contributed by atoms with Gasteiger partial charge in [-0.05, 0) is 41.4 Å². The Morgan fingerprint density at radius 1 is 1.62 bits per heavy atom. The molecule has 1 heterocycles. The zero-order valence-electron chi connectivity index (χ0n) is 7.59. The number of nitrogens with zero attached hydrogens (tertiary/aromatic N) is 1. The number of aromatic nitrogens is 1. The molecule has 0 spiro atoms. The molecule has 1 rings (SSSR count). The van der Waals surface area contributed by atoms with Crippen molar-refractivity contribution in [2.75, 3.05) is 13.7 Å². The van der Waals surface area contributed by atoms with Gasteiger partial charge in [0, 0.05) is 10.7 Å². The van der Waals surface area contributed by atoms with Crippen LogP contribution in [0.2, 0.25) is 0 Å². The largest absolute Gasteiger partial charge is 0.495 e. The molecule has 0 fully saturated rings. The van der Waals surface area contributed by atoms with Crippen molar-refractivity contribution in [3.8, 4) is 5.75 Å². The van der Waals surface area contributed by atoms with E-state index < -0.39 is 0 Å². The molecule has 0 aromatic carbocycles. The third kappa shape index (κ3) is 2.97. The average Bonchev–Trinajstić information content (AvgIpc) is 2.16. The van der Waals surface area contributed by atoms with E-state index in [1.807, 2.05) is 6.07 Å². The summed E-state index contributed by atoms with van der Waals surface area (Å²) in [6, 6.07) is 1.92. The summed E-state index contributed by atoms with van der Waals surface area (Å²) >= 11 is 3.34. The van der Waals surface area contributed by atoms with Crippen molar-refractivity contribution in [3.63, 3.8) is 0 Å². The van der Waals surface area contributed by atoms with E-state index in [9.17, 15) is 0 Å². The van der Waals surface area contributed by atoms with Crippen LogP contribution in [-0.4, -0.2) is 18.6 Å². The van der Waals surface area contributed by atoms with E-state index in [1.54, 1.807) is 13.3 Å². The Morgan fingerprint density at radius 2 is 2.38 bits per heavy atom.